The summed E-state index contributed by atoms with van der Waals surface area (Å²) < 4.78 is 14.8. The van der Waals surface area contributed by atoms with E-state index < -0.39 is 17.3 Å². The third-order valence-electron chi connectivity index (χ3n) is 3.46. The first-order chi connectivity index (χ1) is 11.0. The molecular formula is C16H13FN4O2. The predicted octanol–water partition coefficient (Wildman–Crippen LogP) is 1.57. The van der Waals surface area contributed by atoms with Crippen LogP contribution in [0.5, 0.6) is 0 Å². The molecule has 3 heterocycles. The summed E-state index contributed by atoms with van der Waals surface area (Å²) in [4.78, 5) is 29.6. The van der Waals surface area contributed by atoms with Gasteiger partial charge in [0.05, 0.1) is 0 Å². The molecule has 0 aliphatic rings. The minimum Gasteiger partial charge on any atom is -0.366 e. The molecule has 0 radical (unpaired) electrons. The van der Waals surface area contributed by atoms with E-state index in [9.17, 15) is 14.0 Å². The van der Waals surface area contributed by atoms with Crippen molar-refractivity contribution in [1.82, 2.24) is 14.5 Å². The van der Waals surface area contributed by atoms with E-state index in [0.29, 0.717) is 16.8 Å². The van der Waals surface area contributed by atoms with Gasteiger partial charge < -0.3 is 15.3 Å². The Balaban J connectivity index is 2.14. The van der Waals surface area contributed by atoms with E-state index in [2.05, 4.69) is 9.97 Å². The minimum atomic E-state index is -0.826. The Labute approximate surface area is 130 Å². The van der Waals surface area contributed by atoms with Gasteiger partial charge in [0.2, 0.25) is 5.91 Å². The molecule has 0 saturated carbocycles. The lowest BCUT2D eigenvalue weighted by atomic mass is 10.1. The molecule has 3 aromatic rings. The van der Waals surface area contributed by atoms with Gasteiger partial charge in [-0.3, -0.25) is 9.59 Å². The van der Waals surface area contributed by atoms with Crippen molar-refractivity contribution in [2.24, 2.45) is 12.8 Å². The zero-order valence-electron chi connectivity index (χ0n) is 12.2. The molecule has 0 fully saturated rings. The molecule has 0 saturated heterocycles. The Kier molecular flexibility index (Phi) is 3.53. The van der Waals surface area contributed by atoms with E-state index in [0.717, 1.165) is 10.9 Å². The van der Waals surface area contributed by atoms with Crippen LogP contribution in [-0.2, 0) is 11.8 Å². The average Bonchev–Trinajstić information content (AvgIpc) is 2.92. The molecule has 3 rings (SSSR count). The molecule has 23 heavy (non-hydrogen) atoms. The van der Waals surface area contributed by atoms with E-state index in [1.165, 1.54) is 23.8 Å². The molecule has 3 aromatic heterocycles. The van der Waals surface area contributed by atoms with Gasteiger partial charge in [0, 0.05) is 53.8 Å². The smallest absolute Gasteiger partial charge is 0.286 e. The van der Waals surface area contributed by atoms with E-state index in [4.69, 9.17) is 5.73 Å². The Bertz CT molecular complexity index is 975. The number of aryl methyl sites for hydroxylation is 1. The first-order valence-corrected chi connectivity index (χ1v) is 6.77. The summed E-state index contributed by atoms with van der Waals surface area (Å²) in [6.45, 7) is 0. The Hall–Kier alpha value is -3.22. The number of primary amides is 1. The molecule has 6 nitrogen and oxygen atoms in total. The highest BCUT2D eigenvalue weighted by Crippen LogP contribution is 2.25. The number of H-pyrrole nitrogens is 1. The number of nitrogens with two attached hydrogens (primary N) is 1. The number of hydrogen-bond acceptors (Lipinski definition) is 3. The molecular weight excluding hydrogens is 299 g/mol. The van der Waals surface area contributed by atoms with Crippen LogP contribution >= 0.6 is 0 Å². The maximum atomic E-state index is 13.6. The zero-order chi connectivity index (χ0) is 16.6. The summed E-state index contributed by atoms with van der Waals surface area (Å²) in [5.41, 5.74) is 6.96. The molecule has 1 amide bonds. The van der Waals surface area contributed by atoms with Crippen molar-refractivity contribution >= 4 is 23.0 Å². The lowest BCUT2D eigenvalue weighted by molar-refractivity contribution is -0.113. The number of carbonyl (C=O) groups excluding carboxylic acids is 1. The van der Waals surface area contributed by atoms with Gasteiger partial charge in [-0.05, 0) is 18.2 Å². The van der Waals surface area contributed by atoms with E-state index in [1.807, 2.05) is 0 Å². The van der Waals surface area contributed by atoms with E-state index in [1.54, 1.807) is 30.7 Å². The Morgan fingerprint density at radius 2 is 2.17 bits per heavy atom. The van der Waals surface area contributed by atoms with Crippen LogP contribution < -0.4 is 11.3 Å². The fraction of sp³-hybridized carbons (Fsp3) is 0.0625. The molecule has 0 spiro atoms. The maximum Gasteiger partial charge on any atom is 0.286 e. The van der Waals surface area contributed by atoms with Crippen molar-refractivity contribution in [3.8, 4) is 11.1 Å². The summed E-state index contributed by atoms with van der Waals surface area (Å²) in [6, 6.07) is 2.98. The van der Waals surface area contributed by atoms with Crippen molar-refractivity contribution < 1.29 is 9.18 Å². The number of rotatable bonds is 3. The SMILES string of the molecule is Cn1cc(-c2cnc3[nH]cc(/C=C/C(N)=O)c3c2)cc(F)c1=O. The summed E-state index contributed by atoms with van der Waals surface area (Å²) in [5, 5.41) is 0.759. The molecule has 0 aliphatic carbocycles. The van der Waals surface area contributed by atoms with E-state index >= 15 is 0 Å². The van der Waals surface area contributed by atoms with Crippen LogP contribution in [0.25, 0.3) is 28.2 Å². The number of hydrogen-bond donors (Lipinski definition) is 2. The highest BCUT2D eigenvalue weighted by molar-refractivity contribution is 5.95. The monoisotopic (exact) mass is 312 g/mol. The van der Waals surface area contributed by atoms with Crippen molar-refractivity contribution in [2.45, 2.75) is 0 Å². The third kappa shape index (κ3) is 2.76. The maximum absolute atomic E-state index is 13.6. The Morgan fingerprint density at radius 3 is 2.87 bits per heavy atom. The van der Waals surface area contributed by atoms with Crippen molar-refractivity contribution in [2.75, 3.05) is 0 Å². The lowest BCUT2D eigenvalue weighted by Crippen LogP contribution is -2.19. The molecule has 0 aromatic carbocycles. The highest BCUT2D eigenvalue weighted by atomic mass is 19.1. The number of pyridine rings is 2. The fourth-order valence-corrected chi connectivity index (χ4v) is 2.32. The van der Waals surface area contributed by atoms with Crippen LogP contribution in [0.1, 0.15) is 5.56 Å². The van der Waals surface area contributed by atoms with Crippen LogP contribution in [0.4, 0.5) is 4.39 Å². The number of aromatic amines is 1. The summed E-state index contributed by atoms with van der Waals surface area (Å²) in [5.74, 6) is -1.38. The number of nitrogens with one attached hydrogen (secondary N) is 1. The first kappa shape index (κ1) is 14.7. The normalized spacial score (nSPS) is 11.4. The van der Waals surface area contributed by atoms with Crippen molar-refractivity contribution in [3.05, 3.63) is 58.5 Å². The molecule has 7 heteroatoms. The number of fused-ring (bicyclic) bond motifs is 1. The second-order valence-corrected chi connectivity index (χ2v) is 5.09. The molecule has 0 unspecified atom stereocenters. The highest BCUT2D eigenvalue weighted by Gasteiger charge is 2.09. The standard InChI is InChI=1S/C16H13FN4O2/c1-21-8-11(5-13(17)16(21)23)10-4-12-9(2-3-14(18)22)6-19-15(12)20-7-10/h2-8H,1H3,(H2,18,22)(H,19,20)/b3-2+. The molecule has 116 valence electrons. The Morgan fingerprint density at radius 1 is 1.39 bits per heavy atom. The van der Waals surface area contributed by atoms with Crippen LogP contribution in [0.15, 0.2) is 41.6 Å². The zero-order valence-corrected chi connectivity index (χ0v) is 12.2. The molecule has 0 atom stereocenters. The topological polar surface area (TPSA) is 93.8 Å². The van der Waals surface area contributed by atoms with Crippen LogP contribution in [0, 0.1) is 5.82 Å². The fourth-order valence-electron chi connectivity index (χ4n) is 2.32. The quantitative estimate of drug-likeness (QED) is 0.719. The third-order valence-corrected chi connectivity index (χ3v) is 3.46. The summed E-state index contributed by atoms with van der Waals surface area (Å²) >= 11 is 0. The molecule has 0 bridgehead atoms. The van der Waals surface area contributed by atoms with Gasteiger partial charge in [0.15, 0.2) is 5.82 Å². The largest absolute Gasteiger partial charge is 0.366 e. The van der Waals surface area contributed by atoms with Crippen LogP contribution in [-0.4, -0.2) is 20.4 Å². The summed E-state index contributed by atoms with van der Waals surface area (Å²) in [6.07, 6.45) is 7.65. The first-order valence-electron chi connectivity index (χ1n) is 6.77. The number of aromatic nitrogens is 3. The van der Waals surface area contributed by atoms with E-state index in [-0.39, 0.29) is 0 Å². The second-order valence-electron chi connectivity index (χ2n) is 5.09. The van der Waals surface area contributed by atoms with Gasteiger partial charge in [0.1, 0.15) is 5.65 Å². The minimum absolute atomic E-state index is 0.532. The lowest BCUT2D eigenvalue weighted by Gasteiger charge is -2.05. The van der Waals surface area contributed by atoms with Gasteiger partial charge in [-0.2, -0.15) is 0 Å². The van der Waals surface area contributed by atoms with Crippen LogP contribution in [0.2, 0.25) is 0 Å². The molecule has 3 N–H and O–H groups in total. The van der Waals surface area contributed by atoms with Gasteiger partial charge in [-0.25, -0.2) is 9.37 Å². The number of carbonyl (C=O) groups is 1. The molecule has 0 aliphatic heterocycles. The predicted molar refractivity (Wildman–Crippen MR) is 85.0 cm³/mol. The van der Waals surface area contributed by atoms with Gasteiger partial charge in [-0.15, -0.1) is 0 Å². The van der Waals surface area contributed by atoms with Gasteiger partial charge >= 0.3 is 0 Å². The van der Waals surface area contributed by atoms with Crippen LogP contribution in [0.3, 0.4) is 0 Å². The van der Waals surface area contributed by atoms with Gasteiger partial charge in [0.25, 0.3) is 5.56 Å². The number of amides is 1. The van der Waals surface area contributed by atoms with Crippen molar-refractivity contribution in [3.63, 3.8) is 0 Å². The number of nitrogens with zero attached hydrogens (tertiary/aromatic N) is 2. The summed E-state index contributed by atoms with van der Waals surface area (Å²) in [7, 11) is 1.48. The average molecular weight is 312 g/mol. The van der Waals surface area contributed by atoms with Crippen molar-refractivity contribution in [1.29, 1.82) is 0 Å². The van der Waals surface area contributed by atoms with Gasteiger partial charge in [-0.1, -0.05) is 0 Å². The number of halogens is 1. The second kappa shape index (κ2) is 5.53.